The average molecular weight is 294 g/mol. The molecule has 0 aliphatic rings. The largest absolute Gasteiger partial charge is 0.493 e. The first-order valence-electron chi connectivity index (χ1n) is 7.25. The van der Waals surface area contributed by atoms with Crippen molar-refractivity contribution in [2.75, 3.05) is 27.7 Å². The molecule has 0 heterocycles. The Morgan fingerprint density at radius 3 is 2.62 bits per heavy atom. The van der Waals surface area contributed by atoms with Gasteiger partial charge >= 0.3 is 0 Å². The van der Waals surface area contributed by atoms with Gasteiger partial charge in [-0.05, 0) is 37.6 Å². The minimum Gasteiger partial charge on any atom is -0.493 e. The monoisotopic (exact) mass is 294 g/mol. The fraction of sp³-hybridized carbons (Fsp3) is 0.562. The van der Waals surface area contributed by atoms with Gasteiger partial charge in [0, 0.05) is 20.6 Å². The molecule has 0 bridgehead atoms. The van der Waals surface area contributed by atoms with Gasteiger partial charge in [0.25, 0.3) is 5.91 Å². The van der Waals surface area contributed by atoms with E-state index in [9.17, 15) is 4.79 Å². The highest BCUT2D eigenvalue weighted by molar-refractivity contribution is 5.80. The van der Waals surface area contributed by atoms with Crippen molar-refractivity contribution in [1.29, 1.82) is 0 Å². The molecule has 1 aromatic rings. The predicted octanol–water partition coefficient (Wildman–Crippen LogP) is 2.05. The Morgan fingerprint density at radius 2 is 2.05 bits per heavy atom. The van der Waals surface area contributed by atoms with Gasteiger partial charge in [0.05, 0.1) is 7.11 Å². The van der Waals surface area contributed by atoms with E-state index in [0.717, 1.165) is 25.1 Å². The molecule has 0 aliphatic carbocycles. The minimum absolute atomic E-state index is 0.0780. The van der Waals surface area contributed by atoms with Crippen LogP contribution in [0.3, 0.4) is 0 Å². The molecule has 1 rings (SSSR count). The van der Waals surface area contributed by atoms with Crippen molar-refractivity contribution in [1.82, 2.24) is 10.2 Å². The molecular formula is C16H26N2O3. The first-order chi connectivity index (χ1) is 9.99. The summed E-state index contributed by atoms with van der Waals surface area (Å²) < 4.78 is 11.1. The number of methoxy groups -OCH3 is 1. The molecule has 5 nitrogen and oxygen atoms in total. The van der Waals surface area contributed by atoms with E-state index in [2.05, 4.69) is 12.2 Å². The van der Waals surface area contributed by atoms with Crippen LogP contribution in [0, 0.1) is 0 Å². The Hall–Kier alpha value is -1.75. The van der Waals surface area contributed by atoms with Gasteiger partial charge in [-0.2, -0.15) is 0 Å². The Morgan fingerprint density at radius 1 is 1.33 bits per heavy atom. The lowest BCUT2D eigenvalue weighted by molar-refractivity contribution is -0.135. The molecule has 118 valence electrons. The third kappa shape index (κ3) is 5.27. The van der Waals surface area contributed by atoms with Crippen LogP contribution < -0.4 is 14.8 Å². The zero-order valence-corrected chi connectivity index (χ0v) is 13.6. The predicted molar refractivity (Wildman–Crippen MR) is 83.8 cm³/mol. The lowest BCUT2D eigenvalue weighted by Crippen LogP contribution is -2.35. The average Bonchev–Trinajstić information content (AvgIpc) is 2.47. The van der Waals surface area contributed by atoms with Gasteiger partial charge in [0.2, 0.25) is 0 Å². The smallest absolute Gasteiger partial charge is 0.262 e. The maximum Gasteiger partial charge on any atom is 0.262 e. The topological polar surface area (TPSA) is 50.8 Å². The fourth-order valence-electron chi connectivity index (χ4n) is 1.93. The molecular weight excluding hydrogens is 268 g/mol. The van der Waals surface area contributed by atoms with E-state index in [-0.39, 0.29) is 5.91 Å². The van der Waals surface area contributed by atoms with E-state index in [1.165, 1.54) is 4.90 Å². The summed E-state index contributed by atoms with van der Waals surface area (Å²) in [5, 5.41) is 3.34. The SMILES string of the molecule is CCCNCc1ccc(OC(C)C(=O)N(C)C)c(OC)c1. The van der Waals surface area contributed by atoms with E-state index in [1.807, 2.05) is 18.2 Å². The first-order valence-corrected chi connectivity index (χ1v) is 7.25. The molecule has 0 spiro atoms. The Kier molecular flexibility index (Phi) is 7.02. The number of carbonyl (C=O) groups is 1. The van der Waals surface area contributed by atoms with Gasteiger partial charge < -0.3 is 19.7 Å². The Balaban J connectivity index is 2.76. The second-order valence-corrected chi connectivity index (χ2v) is 5.15. The molecule has 0 aromatic heterocycles. The molecule has 0 radical (unpaired) electrons. The molecule has 21 heavy (non-hydrogen) atoms. The number of benzene rings is 1. The third-order valence-corrected chi connectivity index (χ3v) is 3.08. The summed E-state index contributed by atoms with van der Waals surface area (Å²) in [5.74, 6) is 1.15. The van der Waals surface area contributed by atoms with Crippen molar-refractivity contribution in [2.45, 2.75) is 32.9 Å². The number of nitrogens with zero attached hydrogens (tertiary/aromatic N) is 1. The number of nitrogens with one attached hydrogen (secondary N) is 1. The molecule has 5 heteroatoms. The highest BCUT2D eigenvalue weighted by Gasteiger charge is 2.18. The molecule has 1 amide bonds. The van der Waals surface area contributed by atoms with Crippen LogP contribution in [0.2, 0.25) is 0 Å². The highest BCUT2D eigenvalue weighted by Crippen LogP contribution is 2.29. The molecule has 0 fully saturated rings. The number of carbonyl (C=O) groups excluding carboxylic acids is 1. The molecule has 1 unspecified atom stereocenters. The molecule has 1 atom stereocenters. The van der Waals surface area contributed by atoms with Crippen LogP contribution in [0.4, 0.5) is 0 Å². The van der Waals surface area contributed by atoms with E-state index >= 15 is 0 Å². The van der Waals surface area contributed by atoms with Crippen molar-refractivity contribution in [3.05, 3.63) is 23.8 Å². The first kappa shape index (κ1) is 17.3. The van der Waals surface area contributed by atoms with Crippen molar-refractivity contribution in [3.8, 4) is 11.5 Å². The Labute approximate surface area is 127 Å². The van der Waals surface area contributed by atoms with Crippen LogP contribution in [-0.2, 0) is 11.3 Å². The van der Waals surface area contributed by atoms with Crippen molar-refractivity contribution in [3.63, 3.8) is 0 Å². The third-order valence-electron chi connectivity index (χ3n) is 3.08. The van der Waals surface area contributed by atoms with Gasteiger partial charge in [0.1, 0.15) is 0 Å². The number of hydrogen-bond donors (Lipinski definition) is 1. The summed E-state index contributed by atoms with van der Waals surface area (Å²) in [4.78, 5) is 13.4. The zero-order chi connectivity index (χ0) is 15.8. The van der Waals surface area contributed by atoms with Crippen LogP contribution in [0.25, 0.3) is 0 Å². The maximum atomic E-state index is 11.8. The lowest BCUT2D eigenvalue weighted by Gasteiger charge is -2.20. The highest BCUT2D eigenvalue weighted by atomic mass is 16.5. The second kappa shape index (κ2) is 8.52. The maximum absolute atomic E-state index is 11.8. The van der Waals surface area contributed by atoms with Gasteiger partial charge in [0.15, 0.2) is 17.6 Å². The summed E-state index contributed by atoms with van der Waals surface area (Å²) in [7, 11) is 5.02. The van der Waals surface area contributed by atoms with Crippen LogP contribution in [0.1, 0.15) is 25.8 Å². The summed E-state index contributed by atoms with van der Waals surface area (Å²) in [5.41, 5.74) is 1.12. The van der Waals surface area contributed by atoms with Crippen molar-refractivity contribution >= 4 is 5.91 Å². The van der Waals surface area contributed by atoms with Crippen LogP contribution >= 0.6 is 0 Å². The second-order valence-electron chi connectivity index (χ2n) is 5.15. The molecule has 0 aliphatic heterocycles. The number of amides is 1. The summed E-state index contributed by atoms with van der Waals surface area (Å²) in [6, 6.07) is 5.76. The van der Waals surface area contributed by atoms with Crippen LogP contribution in [-0.4, -0.2) is 44.7 Å². The van der Waals surface area contributed by atoms with Crippen LogP contribution in [0.5, 0.6) is 11.5 Å². The fourth-order valence-corrected chi connectivity index (χ4v) is 1.93. The molecule has 1 aromatic carbocycles. The number of hydrogen-bond acceptors (Lipinski definition) is 4. The van der Waals surface area contributed by atoms with Gasteiger partial charge in [-0.3, -0.25) is 4.79 Å². The zero-order valence-electron chi connectivity index (χ0n) is 13.6. The van der Waals surface area contributed by atoms with E-state index in [1.54, 1.807) is 28.1 Å². The number of rotatable bonds is 8. The van der Waals surface area contributed by atoms with Gasteiger partial charge in [-0.25, -0.2) is 0 Å². The van der Waals surface area contributed by atoms with E-state index < -0.39 is 6.10 Å². The quantitative estimate of drug-likeness (QED) is 0.746. The number of ether oxygens (including phenoxy) is 2. The summed E-state index contributed by atoms with van der Waals surface area (Å²) in [6.45, 7) is 5.64. The standard InChI is InChI=1S/C16H26N2O3/c1-6-9-17-11-13-7-8-14(15(10-13)20-5)21-12(2)16(19)18(3)4/h7-8,10,12,17H,6,9,11H2,1-5H3. The van der Waals surface area contributed by atoms with E-state index in [4.69, 9.17) is 9.47 Å². The van der Waals surface area contributed by atoms with Crippen molar-refractivity contribution < 1.29 is 14.3 Å². The molecule has 0 saturated carbocycles. The summed E-state index contributed by atoms with van der Waals surface area (Å²) in [6.07, 6.45) is 0.556. The molecule has 1 N–H and O–H groups in total. The number of likely N-dealkylation sites (N-methyl/N-ethyl adjacent to an activating group) is 1. The normalized spacial score (nSPS) is 11.9. The van der Waals surface area contributed by atoms with Crippen molar-refractivity contribution in [2.24, 2.45) is 0 Å². The van der Waals surface area contributed by atoms with Gasteiger partial charge in [-0.15, -0.1) is 0 Å². The van der Waals surface area contributed by atoms with Crippen LogP contribution in [0.15, 0.2) is 18.2 Å². The Bertz CT molecular complexity index is 461. The van der Waals surface area contributed by atoms with Gasteiger partial charge in [-0.1, -0.05) is 13.0 Å². The lowest BCUT2D eigenvalue weighted by atomic mass is 10.2. The minimum atomic E-state index is -0.544. The molecule has 0 saturated heterocycles. The summed E-state index contributed by atoms with van der Waals surface area (Å²) >= 11 is 0. The van der Waals surface area contributed by atoms with E-state index in [0.29, 0.717) is 11.5 Å².